The minimum atomic E-state index is 0.513. The van der Waals surface area contributed by atoms with E-state index in [1.807, 2.05) is 0 Å². The lowest BCUT2D eigenvalue weighted by atomic mass is 10.3. The molecule has 3 nitrogen and oxygen atoms in total. The predicted octanol–water partition coefficient (Wildman–Crippen LogP) is 1.68. The van der Waals surface area contributed by atoms with Gasteiger partial charge in [0.2, 0.25) is 0 Å². The third-order valence-electron chi connectivity index (χ3n) is 1.17. The van der Waals surface area contributed by atoms with Gasteiger partial charge in [0.1, 0.15) is 5.52 Å². The first-order chi connectivity index (χ1) is 4.88. The van der Waals surface area contributed by atoms with Crippen molar-refractivity contribution in [2.24, 2.45) is 0 Å². The standard InChI is InChI=1S/C6H2ClN2O/c7-4-2-1-3-5-6(4)9-10-8-5/h2-3H. The number of nitrogens with zero attached hydrogens (tertiary/aromatic N) is 2. The predicted molar refractivity (Wildman–Crippen MR) is 35.7 cm³/mol. The molecule has 10 heavy (non-hydrogen) atoms. The summed E-state index contributed by atoms with van der Waals surface area (Å²) in [6, 6.07) is 6.08. The monoisotopic (exact) mass is 153 g/mol. The molecule has 0 aliphatic rings. The number of aromatic nitrogens is 2. The summed E-state index contributed by atoms with van der Waals surface area (Å²) in [5.74, 6) is 0. The van der Waals surface area contributed by atoms with Gasteiger partial charge in [-0.1, -0.05) is 11.6 Å². The highest BCUT2D eigenvalue weighted by molar-refractivity contribution is 6.34. The Hall–Kier alpha value is -1.09. The van der Waals surface area contributed by atoms with Crippen LogP contribution < -0.4 is 0 Å². The van der Waals surface area contributed by atoms with Gasteiger partial charge < -0.3 is 0 Å². The van der Waals surface area contributed by atoms with E-state index in [4.69, 9.17) is 11.6 Å². The van der Waals surface area contributed by atoms with Crippen molar-refractivity contribution in [1.29, 1.82) is 0 Å². The van der Waals surface area contributed by atoms with Gasteiger partial charge in [0, 0.05) is 0 Å². The molecule has 1 radical (unpaired) electrons. The smallest absolute Gasteiger partial charge is 0.153 e. The first-order valence-corrected chi connectivity index (χ1v) is 3.03. The zero-order valence-electron chi connectivity index (χ0n) is 4.84. The van der Waals surface area contributed by atoms with Crippen LogP contribution in [0, 0.1) is 6.07 Å². The summed E-state index contributed by atoms with van der Waals surface area (Å²) in [7, 11) is 0. The van der Waals surface area contributed by atoms with Gasteiger partial charge in [0.05, 0.1) is 5.02 Å². The largest absolute Gasteiger partial charge is 0.243 e. The molecule has 0 atom stereocenters. The van der Waals surface area contributed by atoms with Gasteiger partial charge in [0.25, 0.3) is 0 Å². The third-order valence-corrected chi connectivity index (χ3v) is 1.46. The fraction of sp³-hybridized carbons (Fsp3) is 0. The Kier molecular flexibility index (Phi) is 1.11. The minimum Gasteiger partial charge on any atom is -0.243 e. The summed E-state index contributed by atoms with van der Waals surface area (Å²) in [5.41, 5.74) is 1.22. The fourth-order valence-electron chi connectivity index (χ4n) is 0.718. The highest BCUT2D eigenvalue weighted by Gasteiger charge is 2.01. The van der Waals surface area contributed by atoms with Crippen LogP contribution in [0.5, 0.6) is 0 Å². The van der Waals surface area contributed by atoms with Crippen molar-refractivity contribution in [2.45, 2.75) is 0 Å². The molecule has 0 saturated carbocycles. The van der Waals surface area contributed by atoms with Crippen LogP contribution in [0.2, 0.25) is 5.02 Å². The van der Waals surface area contributed by atoms with Gasteiger partial charge in [-0.25, -0.2) is 4.63 Å². The molecule has 0 spiro atoms. The maximum atomic E-state index is 5.70. The lowest BCUT2D eigenvalue weighted by Crippen LogP contribution is -1.69. The van der Waals surface area contributed by atoms with Gasteiger partial charge in [-0.3, -0.25) is 0 Å². The molecule has 0 saturated heterocycles. The van der Waals surface area contributed by atoms with E-state index >= 15 is 0 Å². The molecular formula is C6H2ClN2O. The van der Waals surface area contributed by atoms with E-state index in [0.29, 0.717) is 16.1 Å². The molecule has 0 unspecified atom stereocenters. The normalized spacial score (nSPS) is 10.5. The van der Waals surface area contributed by atoms with Gasteiger partial charge in [-0.05, 0) is 28.5 Å². The molecule has 0 amide bonds. The molecule has 2 aromatic rings. The Balaban J connectivity index is 2.95. The zero-order valence-corrected chi connectivity index (χ0v) is 5.59. The second kappa shape index (κ2) is 1.95. The van der Waals surface area contributed by atoms with Crippen molar-refractivity contribution in [3.8, 4) is 0 Å². The lowest BCUT2D eigenvalue weighted by Gasteiger charge is -1.83. The third kappa shape index (κ3) is 0.675. The summed E-state index contributed by atoms with van der Waals surface area (Å²) in [4.78, 5) is 0. The van der Waals surface area contributed by atoms with Crippen LogP contribution in [0.1, 0.15) is 0 Å². The average Bonchev–Trinajstić information content (AvgIpc) is 2.36. The summed E-state index contributed by atoms with van der Waals surface area (Å²) < 4.78 is 4.44. The van der Waals surface area contributed by atoms with E-state index in [0.717, 1.165) is 0 Å². The molecule has 49 valence electrons. The van der Waals surface area contributed by atoms with E-state index < -0.39 is 0 Å². The minimum absolute atomic E-state index is 0.513. The number of hydrogen-bond donors (Lipinski definition) is 0. The molecule has 0 aliphatic heterocycles. The average molecular weight is 154 g/mol. The van der Waals surface area contributed by atoms with Gasteiger partial charge in [-0.15, -0.1) is 0 Å². The zero-order chi connectivity index (χ0) is 6.97. The summed E-state index contributed by atoms with van der Waals surface area (Å²) in [5, 5.41) is 7.67. The maximum Gasteiger partial charge on any atom is 0.153 e. The molecule has 1 aromatic heterocycles. The van der Waals surface area contributed by atoms with E-state index in [9.17, 15) is 0 Å². The van der Waals surface area contributed by atoms with Crippen molar-refractivity contribution in [3.63, 3.8) is 0 Å². The molecule has 4 heteroatoms. The maximum absolute atomic E-state index is 5.70. The van der Waals surface area contributed by atoms with Crippen LogP contribution in [0.15, 0.2) is 16.8 Å². The highest BCUT2D eigenvalue weighted by atomic mass is 35.5. The molecule has 0 N–H and O–H groups in total. The summed E-state index contributed by atoms with van der Waals surface area (Å²) in [6.07, 6.45) is 0. The van der Waals surface area contributed by atoms with Gasteiger partial charge in [-0.2, -0.15) is 0 Å². The van der Waals surface area contributed by atoms with E-state index in [2.05, 4.69) is 21.0 Å². The van der Waals surface area contributed by atoms with Crippen molar-refractivity contribution in [2.75, 3.05) is 0 Å². The van der Waals surface area contributed by atoms with Crippen LogP contribution in [0.25, 0.3) is 11.0 Å². The topological polar surface area (TPSA) is 38.9 Å². The number of halogens is 1. The van der Waals surface area contributed by atoms with Crippen LogP contribution in [-0.2, 0) is 0 Å². The Bertz CT molecular complexity index is 357. The van der Waals surface area contributed by atoms with Gasteiger partial charge >= 0.3 is 0 Å². The molecule has 1 aromatic carbocycles. The molecular weight excluding hydrogens is 152 g/mol. The molecule has 2 rings (SSSR count). The first-order valence-electron chi connectivity index (χ1n) is 2.66. The van der Waals surface area contributed by atoms with Crippen LogP contribution in [-0.4, -0.2) is 10.3 Å². The number of hydrogen-bond acceptors (Lipinski definition) is 3. The van der Waals surface area contributed by atoms with Crippen molar-refractivity contribution in [3.05, 3.63) is 23.2 Å². The van der Waals surface area contributed by atoms with E-state index in [1.165, 1.54) is 0 Å². The second-order valence-electron chi connectivity index (χ2n) is 1.80. The fourth-order valence-corrected chi connectivity index (χ4v) is 0.912. The Morgan fingerprint density at radius 2 is 2.30 bits per heavy atom. The quantitative estimate of drug-likeness (QED) is 0.578. The number of benzene rings is 1. The van der Waals surface area contributed by atoms with Crippen LogP contribution in [0.3, 0.4) is 0 Å². The first kappa shape index (κ1) is 5.68. The molecule has 0 aliphatic carbocycles. The Morgan fingerprint density at radius 3 is 3.10 bits per heavy atom. The van der Waals surface area contributed by atoms with Crippen molar-refractivity contribution < 1.29 is 4.63 Å². The Morgan fingerprint density at radius 1 is 1.40 bits per heavy atom. The summed E-state index contributed by atoms with van der Waals surface area (Å²) in [6.45, 7) is 0. The van der Waals surface area contributed by atoms with E-state index in [-0.39, 0.29) is 0 Å². The number of fused-ring (bicyclic) bond motifs is 1. The SMILES string of the molecule is Clc1c[c]cc2nonc12. The molecule has 1 heterocycles. The van der Waals surface area contributed by atoms with Crippen molar-refractivity contribution >= 4 is 22.6 Å². The highest BCUT2D eigenvalue weighted by Crippen LogP contribution is 2.18. The Labute approximate surface area is 61.6 Å². The number of rotatable bonds is 0. The molecule has 0 bridgehead atoms. The summed E-state index contributed by atoms with van der Waals surface area (Å²) >= 11 is 5.70. The van der Waals surface area contributed by atoms with Gasteiger partial charge in [0.15, 0.2) is 5.52 Å². The second-order valence-corrected chi connectivity index (χ2v) is 2.21. The van der Waals surface area contributed by atoms with E-state index in [1.54, 1.807) is 12.1 Å². The van der Waals surface area contributed by atoms with Crippen molar-refractivity contribution in [1.82, 2.24) is 10.3 Å². The molecule has 0 fully saturated rings. The van der Waals surface area contributed by atoms with Crippen LogP contribution >= 0.6 is 11.6 Å². The van der Waals surface area contributed by atoms with Crippen LogP contribution in [0.4, 0.5) is 0 Å². The lowest BCUT2D eigenvalue weighted by molar-refractivity contribution is 0.315.